The van der Waals surface area contributed by atoms with Crippen LogP contribution in [-0.2, 0) is 14.3 Å². The largest absolute Gasteiger partial charge is 0.372 e. The van der Waals surface area contributed by atoms with Gasteiger partial charge in [-0.15, -0.1) is 0 Å². The minimum absolute atomic E-state index is 0.0240. The lowest BCUT2D eigenvalue weighted by Crippen LogP contribution is -2.57. The number of hydrogen-bond acceptors (Lipinski definition) is 4. The van der Waals surface area contributed by atoms with Crippen LogP contribution in [0, 0.1) is 5.92 Å². The lowest BCUT2D eigenvalue weighted by atomic mass is 9.79. The number of nitrogens with zero attached hydrogens (tertiary/aromatic N) is 2. The molecule has 3 aliphatic rings. The fourth-order valence-corrected chi connectivity index (χ4v) is 3.66. The second kappa shape index (κ2) is 5.93. The molecule has 6 nitrogen and oxygen atoms in total. The molecule has 1 unspecified atom stereocenters. The molecule has 1 aliphatic carbocycles. The van der Waals surface area contributed by atoms with E-state index < -0.39 is 0 Å². The Morgan fingerprint density at radius 3 is 2.71 bits per heavy atom. The van der Waals surface area contributed by atoms with Crippen LogP contribution in [0.15, 0.2) is 0 Å². The molecule has 6 heteroatoms. The number of primary amides is 1. The Hall–Kier alpha value is -1.14. The molecule has 3 rings (SSSR count). The fraction of sp³-hybridized carbons (Fsp3) is 0.867. The van der Waals surface area contributed by atoms with E-state index in [0.717, 1.165) is 51.9 Å². The third-order valence-corrected chi connectivity index (χ3v) is 5.13. The normalized spacial score (nSPS) is 29.1. The predicted octanol–water partition coefficient (Wildman–Crippen LogP) is -0.0348. The summed E-state index contributed by atoms with van der Waals surface area (Å²) in [7, 11) is 0. The van der Waals surface area contributed by atoms with Crippen molar-refractivity contribution in [2.45, 2.75) is 37.7 Å². The maximum absolute atomic E-state index is 12.4. The second-order valence-corrected chi connectivity index (χ2v) is 6.68. The molecular formula is C15H25N3O3. The Bertz CT molecular complexity index is 422. The molecule has 0 aromatic carbocycles. The van der Waals surface area contributed by atoms with Crippen LogP contribution < -0.4 is 5.73 Å². The number of nitrogens with two attached hydrogens (primary N) is 1. The van der Waals surface area contributed by atoms with Gasteiger partial charge in [0.05, 0.1) is 24.7 Å². The molecule has 0 radical (unpaired) electrons. The zero-order valence-electron chi connectivity index (χ0n) is 12.6. The highest BCUT2D eigenvalue weighted by Gasteiger charge is 2.42. The fourth-order valence-electron chi connectivity index (χ4n) is 3.66. The molecule has 21 heavy (non-hydrogen) atoms. The first-order valence-corrected chi connectivity index (χ1v) is 8.01. The number of carbonyl (C=O) groups is 2. The van der Waals surface area contributed by atoms with E-state index in [1.54, 1.807) is 0 Å². The molecule has 2 N–H and O–H groups in total. The van der Waals surface area contributed by atoms with Gasteiger partial charge in [-0.2, -0.15) is 0 Å². The van der Waals surface area contributed by atoms with Gasteiger partial charge in [-0.3, -0.25) is 14.5 Å². The maximum atomic E-state index is 12.4. The highest BCUT2D eigenvalue weighted by molar-refractivity contribution is 5.81. The van der Waals surface area contributed by atoms with E-state index in [0.29, 0.717) is 13.1 Å². The summed E-state index contributed by atoms with van der Waals surface area (Å²) >= 11 is 0. The zero-order valence-corrected chi connectivity index (χ0v) is 12.6. The summed E-state index contributed by atoms with van der Waals surface area (Å²) in [5.41, 5.74) is 5.40. The Morgan fingerprint density at radius 2 is 2.05 bits per heavy atom. The lowest BCUT2D eigenvalue weighted by Gasteiger charge is -2.48. The highest BCUT2D eigenvalue weighted by Crippen LogP contribution is 2.38. The van der Waals surface area contributed by atoms with E-state index in [9.17, 15) is 9.59 Å². The molecule has 1 atom stereocenters. The number of piperidine rings is 1. The zero-order chi connectivity index (χ0) is 14.9. The Kier molecular flexibility index (Phi) is 4.17. The molecule has 118 valence electrons. The average Bonchev–Trinajstić information content (AvgIpc) is 2.46. The minimum Gasteiger partial charge on any atom is -0.372 e. The summed E-state index contributed by atoms with van der Waals surface area (Å²) < 4.78 is 5.88. The van der Waals surface area contributed by atoms with Gasteiger partial charge in [0, 0.05) is 26.2 Å². The minimum atomic E-state index is -0.285. The third-order valence-electron chi connectivity index (χ3n) is 5.13. The van der Waals surface area contributed by atoms with Gasteiger partial charge < -0.3 is 15.4 Å². The van der Waals surface area contributed by atoms with Gasteiger partial charge in [0.1, 0.15) is 0 Å². The van der Waals surface area contributed by atoms with Crippen molar-refractivity contribution in [2.24, 2.45) is 11.7 Å². The van der Waals surface area contributed by atoms with E-state index in [-0.39, 0.29) is 23.3 Å². The third kappa shape index (κ3) is 3.21. The average molecular weight is 295 g/mol. The summed E-state index contributed by atoms with van der Waals surface area (Å²) in [6.07, 6.45) is 5.14. The van der Waals surface area contributed by atoms with E-state index >= 15 is 0 Å². The first kappa shape index (κ1) is 14.8. The first-order chi connectivity index (χ1) is 10.1. The molecule has 2 heterocycles. The Morgan fingerprint density at radius 1 is 1.24 bits per heavy atom. The van der Waals surface area contributed by atoms with Crippen molar-refractivity contribution in [1.82, 2.24) is 9.80 Å². The number of morpholine rings is 1. The maximum Gasteiger partial charge on any atom is 0.236 e. The van der Waals surface area contributed by atoms with Crippen LogP contribution in [0.4, 0.5) is 0 Å². The number of hydrogen-bond donors (Lipinski definition) is 1. The van der Waals surface area contributed by atoms with E-state index in [1.807, 2.05) is 4.90 Å². The van der Waals surface area contributed by atoms with Crippen molar-refractivity contribution in [2.75, 3.05) is 39.3 Å². The molecule has 3 fully saturated rings. The number of ether oxygens (including phenoxy) is 1. The molecule has 1 spiro atoms. The van der Waals surface area contributed by atoms with Gasteiger partial charge in [0.15, 0.2) is 0 Å². The summed E-state index contributed by atoms with van der Waals surface area (Å²) in [6, 6.07) is 0. The van der Waals surface area contributed by atoms with Gasteiger partial charge in [0.2, 0.25) is 11.8 Å². The number of likely N-dealkylation sites (tertiary alicyclic amines) is 1. The number of carbonyl (C=O) groups excluding carboxylic acids is 2. The van der Waals surface area contributed by atoms with Crippen LogP contribution in [-0.4, -0.2) is 66.5 Å². The first-order valence-electron chi connectivity index (χ1n) is 8.01. The molecule has 1 saturated carbocycles. The van der Waals surface area contributed by atoms with Crippen LogP contribution in [0.5, 0.6) is 0 Å². The lowest BCUT2D eigenvalue weighted by molar-refractivity contribution is -0.158. The molecule has 2 saturated heterocycles. The summed E-state index contributed by atoms with van der Waals surface area (Å²) in [4.78, 5) is 27.8. The van der Waals surface area contributed by atoms with Gasteiger partial charge in [0.25, 0.3) is 0 Å². The van der Waals surface area contributed by atoms with E-state index in [2.05, 4.69) is 4.90 Å². The van der Waals surface area contributed by atoms with Gasteiger partial charge >= 0.3 is 0 Å². The van der Waals surface area contributed by atoms with Gasteiger partial charge in [-0.05, 0) is 32.1 Å². The van der Waals surface area contributed by atoms with Crippen LogP contribution in [0.25, 0.3) is 0 Å². The van der Waals surface area contributed by atoms with E-state index in [4.69, 9.17) is 10.5 Å². The summed E-state index contributed by atoms with van der Waals surface area (Å²) in [5.74, 6) is -0.338. The molecule has 0 bridgehead atoms. The van der Waals surface area contributed by atoms with E-state index in [1.165, 1.54) is 6.42 Å². The number of amides is 2. The topological polar surface area (TPSA) is 75.9 Å². The standard InChI is InChI=1S/C15H25N3O3/c16-14(20)12-3-1-6-18(9-12)13(19)10-17-7-8-21-15(11-17)4-2-5-15/h12H,1-11H2,(H2,16,20). The summed E-state index contributed by atoms with van der Waals surface area (Å²) in [6.45, 7) is 4.09. The molecule has 2 amide bonds. The molecule has 2 aliphatic heterocycles. The molecule has 0 aromatic heterocycles. The van der Waals surface area contributed by atoms with Gasteiger partial charge in [-0.25, -0.2) is 0 Å². The van der Waals surface area contributed by atoms with Crippen molar-refractivity contribution in [1.29, 1.82) is 0 Å². The van der Waals surface area contributed by atoms with Gasteiger partial charge in [-0.1, -0.05) is 0 Å². The SMILES string of the molecule is NC(=O)C1CCCN(C(=O)CN2CCOC3(CCC3)C2)C1. The molecule has 0 aromatic rings. The van der Waals surface area contributed by atoms with Crippen LogP contribution in [0.2, 0.25) is 0 Å². The quantitative estimate of drug-likeness (QED) is 0.793. The van der Waals surface area contributed by atoms with Crippen molar-refractivity contribution in [3.8, 4) is 0 Å². The predicted molar refractivity (Wildman–Crippen MR) is 77.5 cm³/mol. The van der Waals surface area contributed by atoms with Crippen LogP contribution in [0.3, 0.4) is 0 Å². The van der Waals surface area contributed by atoms with Crippen molar-refractivity contribution < 1.29 is 14.3 Å². The van der Waals surface area contributed by atoms with Crippen LogP contribution >= 0.6 is 0 Å². The van der Waals surface area contributed by atoms with Crippen molar-refractivity contribution in [3.05, 3.63) is 0 Å². The monoisotopic (exact) mass is 295 g/mol. The highest BCUT2D eigenvalue weighted by atomic mass is 16.5. The Balaban J connectivity index is 1.52. The second-order valence-electron chi connectivity index (χ2n) is 6.68. The van der Waals surface area contributed by atoms with Crippen LogP contribution in [0.1, 0.15) is 32.1 Å². The van der Waals surface area contributed by atoms with Crippen molar-refractivity contribution >= 4 is 11.8 Å². The molecular weight excluding hydrogens is 270 g/mol. The van der Waals surface area contributed by atoms with Crippen molar-refractivity contribution in [3.63, 3.8) is 0 Å². The summed E-state index contributed by atoms with van der Waals surface area (Å²) in [5, 5.41) is 0. The Labute approximate surface area is 125 Å². The number of rotatable bonds is 3. The smallest absolute Gasteiger partial charge is 0.236 e.